The highest BCUT2D eigenvalue weighted by Gasteiger charge is 2.26. The van der Waals surface area contributed by atoms with Gasteiger partial charge in [0.2, 0.25) is 5.91 Å². The molecule has 4 aromatic rings. The predicted molar refractivity (Wildman–Crippen MR) is 124 cm³/mol. The van der Waals surface area contributed by atoms with Gasteiger partial charge in [-0.3, -0.25) is 9.69 Å². The molecule has 7 heteroatoms. The Labute approximate surface area is 187 Å². The molecular weight excluding hydrogens is 402 g/mol. The molecule has 1 amide bonds. The van der Waals surface area contributed by atoms with E-state index in [1.807, 2.05) is 47.8 Å². The third-order valence-electron chi connectivity index (χ3n) is 6.57. The van der Waals surface area contributed by atoms with Crippen molar-refractivity contribution in [3.63, 3.8) is 0 Å². The van der Waals surface area contributed by atoms with Gasteiger partial charge in [0, 0.05) is 29.7 Å². The topological polar surface area (TPSA) is 75.7 Å². The number of hydrogen-bond acceptors (Lipinski definition) is 5. The fourth-order valence-electron chi connectivity index (χ4n) is 4.82. The van der Waals surface area contributed by atoms with Crippen molar-refractivity contribution in [2.75, 3.05) is 19.6 Å². The number of amides is 1. The third kappa shape index (κ3) is 3.88. The first-order chi connectivity index (χ1) is 15.6. The number of carbonyl (C=O) groups excluding carboxylic acids is 1. The zero-order valence-electron chi connectivity index (χ0n) is 18.7. The van der Waals surface area contributed by atoms with Crippen LogP contribution in [0.4, 0.5) is 0 Å². The highest BCUT2D eigenvalue weighted by molar-refractivity contribution is 5.92. The number of hydrogen-bond donors (Lipinski definition) is 1. The lowest BCUT2D eigenvalue weighted by Gasteiger charge is -2.26. The maximum absolute atomic E-state index is 12.7. The monoisotopic (exact) mass is 431 g/mol. The molecule has 1 unspecified atom stereocenters. The van der Waals surface area contributed by atoms with Crippen LogP contribution in [-0.4, -0.2) is 45.0 Å². The lowest BCUT2D eigenvalue weighted by atomic mass is 10.1. The molecule has 0 bridgehead atoms. The van der Waals surface area contributed by atoms with Crippen molar-refractivity contribution in [3.8, 4) is 0 Å². The van der Waals surface area contributed by atoms with Crippen molar-refractivity contribution in [1.82, 2.24) is 24.8 Å². The average Bonchev–Trinajstić information content (AvgIpc) is 3.56. The van der Waals surface area contributed by atoms with Crippen LogP contribution in [0.1, 0.15) is 48.0 Å². The summed E-state index contributed by atoms with van der Waals surface area (Å²) in [4.78, 5) is 19.9. The van der Waals surface area contributed by atoms with Gasteiger partial charge in [-0.25, -0.2) is 9.50 Å². The quantitative estimate of drug-likeness (QED) is 0.479. The fourth-order valence-corrected chi connectivity index (χ4v) is 4.82. The molecule has 4 heterocycles. The van der Waals surface area contributed by atoms with E-state index in [9.17, 15) is 4.79 Å². The first-order valence-corrected chi connectivity index (χ1v) is 11.4. The maximum atomic E-state index is 12.7. The number of benzene rings is 1. The molecule has 0 radical (unpaired) electrons. The molecule has 1 N–H and O–H groups in total. The number of rotatable bonds is 7. The van der Waals surface area contributed by atoms with E-state index in [2.05, 4.69) is 17.1 Å². The summed E-state index contributed by atoms with van der Waals surface area (Å²) in [7, 11) is 0. The van der Waals surface area contributed by atoms with Gasteiger partial charge >= 0.3 is 0 Å². The number of fused-ring (bicyclic) bond motifs is 3. The summed E-state index contributed by atoms with van der Waals surface area (Å²) < 4.78 is 7.56. The predicted octanol–water partition coefficient (Wildman–Crippen LogP) is 3.98. The summed E-state index contributed by atoms with van der Waals surface area (Å²) in [6.07, 6.45) is 5.15. The van der Waals surface area contributed by atoms with E-state index in [1.165, 1.54) is 12.8 Å². The van der Waals surface area contributed by atoms with Crippen LogP contribution in [0.25, 0.3) is 16.6 Å². The number of nitrogens with one attached hydrogen (secondary N) is 1. The van der Waals surface area contributed by atoms with Gasteiger partial charge in [-0.05, 0) is 76.0 Å². The van der Waals surface area contributed by atoms with Gasteiger partial charge in [0.1, 0.15) is 5.76 Å². The van der Waals surface area contributed by atoms with Crippen LogP contribution >= 0.6 is 0 Å². The Morgan fingerprint density at radius 2 is 1.97 bits per heavy atom. The van der Waals surface area contributed by atoms with E-state index in [0.717, 1.165) is 52.4 Å². The second-order valence-corrected chi connectivity index (χ2v) is 8.59. The van der Waals surface area contributed by atoms with E-state index in [0.29, 0.717) is 19.4 Å². The second kappa shape index (κ2) is 8.74. The van der Waals surface area contributed by atoms with Gasteiger partial charge in [0.15, 0.2) is 5.65 Å². The summed E-state index contributed by atoms with van der Waals surface area (Å²) in [6, 6.07) is 12.0. The Balaban J connectivity index is 1.28. The lowest BCUT2D eigenvalue weighted by molar-refractivity contribution is -0.121. The zero-order chi connectivity index (χ0) is 22.1. The van der Waals surface area contributed by atoms with E-state index < -0.39 is 0 Å². The number of nitrogens with zero attached hydrogens (tertiary/aromatic N) is 4. The van der Waals surface area contributed by atoms with Crippen molar-refractivity contribution in [2.24, 2.45) is 0 Å². The van der Waals surface area contributed by atoms with Crippen molar-refractivity contribution >= 4 is 22.5 Å². The molecule has 7 nitrogen and oxygen atoms in total. The molecule has 0 spiro atoms. The van der Waals surface area contributed by atoms with Crippen LogP contribution in [0.2, 0.25) is 0 Å². The van der Waals surface area contributed by atoms with Gasteiger partial charge in [-0.2, -0.15) is 5.10 Å². The molecule has 1 aliphatic heterocycles. The van der Waals surface area contributed by atoms with Gasteiger partial charge in [0.05, 0.1) is 17.8 Å². The van der Waals surface area contributed by atoms with E-state index in [-0.39, 0.29) is 11.9 Å². The van der Waals surface area contributed by atoms with Gasteiger partial charge in [-0.1, -0.05) is 12.1 Å². The Bertz CT molecular complexity index is 1240. The van der Waals surface area contributed by atoms with Crippen LogP contribution in [0, 0.1) is 13.8 Å². The van der Waals surface area contributed by atoms with Gasteiger partial charge in [0.25, 0.3) is 0 Å². The number of furan rings is 1. The number of carbonyl (C=O) groups is 1. The van der Waals surface area contributed by atoms with Gasteiger partial charge in [-0.15, -0.1) is 0 Å². The van der Waals surface area contributed by atoms with Crippen LogP contribution in [0.15, 0.2) is 47.1 Å². The van der Waals surface area contributed by atoms with Crippen molar-refractivity contribution in [1.29, 1.82) is 0 Å². The minimum absolute atomic E-state index is 0.0466. The first-order valence-electron chi connectivity index (χ1n) is 11.4. The van der Waals surface area contributed by atoms with E-state index in [4.69, 9.17) is 14.5 Å². The smallest absolute Gasteiger partial charge is 0.220 e. The molecule has 1 saturated heterocycles. The maximum Gasteiger partial charge on any atom is 0.220 e. The fraction of sp³-hybridized carbons (Fsp3) is 0.400. The minimum Gasteiger partial charge on any atom is -0.468 e. The van der Waals surface area contributed by atoms with E-state index >= 15 is 0 Å². The second-order valence-electron chi connectivity index (χ2n) is 8.59. The molecule has 1 aromatic carbocycles. The van der Waals surface area contributed by atoms with Crippen LogP contribution in [-0.2, 0) is 11.2 Å². The Kier molecular flexibility index (Phi) is 5.66. The largest absolute Gasteiger partial charge is 0.468 e. The molecule has 1 atom stereocenters. The molecule has 32 heavy (non-hydrogen) atoms. The summed E-state index contributed by atoms with van der Waals surface area (Å²) in [6.45, 7) is 6.72. The summed E-state index contributed by atoms with van der Waals surface area (Å²) in [5.74, 6) is 0.963. The molecule has 1 aliphatic rings. The molecule has 166 valence electrons. The highest BCUT2D eigenvalue weighted by Crippen LogP contribution is 2.25. The molecule has 0 aliphatic carbocycles. The molecule has 0 saturated carbocycles. The van der Waals surface area contributed by atoms with Crippen LogP contribution in [0.5, 0.6) is 0 Å². The van der Waals surface area contributed by atoms with E-state index in [1.54, 1.807) is 6.26 Å². The Hall–Kier alpha value is -3.19. The molecule has 1 fully saturated rings. The Morgan fingerprint density at radius 1 is 1.16 bits per heavy atom. The Morgan fingerprint density at radius 3 is 2.75 bits per heavy atom. The van der Waals surface area contributed by atoms with Crippen LogP contribution < -0.4 is 5.32 Å². The number of likely N-dealkylation sites (tertiary alicyclic amines) is 1. The van der Waals surface area contributed by atoms with Gasteiger partial charge < -0.3 is 9.73 Å². The molecule has 5 rings (SSSR count). The third-order valence-corrected chi connectivity index (χ3v) is 6.57. The average molecular weight is 432 g/mol. The minimum atomic E-state index is 0.0466. The van der Waals surface area contributed by atoms with Crippen molar-refractivity contribution in [2.45, 2.75) is 45.6 Å². The molecule has 3 aromatic heterocycles. The normalized spacial score (nSPS) is 15.6. The summed E-state index contributed by atoms with van der Waals surface area (Å²) in [5, 5.41) is 8.90. The lowest BCUT2D eigenvalue weighted by Crippen LogP contribution is -2.36. The number of aromatic nitrogens is 3. The van der Waals surface area contributed by atoms with Crippen molar-refractivity contribution in [3.05, 3.63) is 65.4 Å². The summed E-state index contributed by atoms with van der Waals surface area (Å²) in [5.41, 5.74) is 4.89. The zero-order valence-corrected chi connectivity index (χ0v) is 18.7. The highest BCUT2D eigenvalue weighted by atomic mass is 16.3. The number of aryl methyl sites for hydroxylation is 2. The standard InChI is InChI=1S/C25H29N5O2/c1-17-19(18(2)30-25(27-17)20-8-3-4-9-21(20)28-30)11-12-24(31)26-16-22(23-10-7-15-32-23)29-13-5-6-14-29/h3-4,7-10,15,22H,5-6,11-14,16H2,1-2H3,(H,26,31). The molecular formula is C25H29N5O2. The summed E-state index contributed by atoms with van der Waals surface area (Å²) >= 11 is 0. The first kappa shape index (κ1) is 20.7. The van der Waals surface area contributed by atoms with Crippen LogP contribution in [0.3, 0.4) is 0 Å². The van der Waals surface area contributed by atoms with Crippen molar-refractivity contribution < 1.29 is 9.21 Å². The SMILES string of the molecule is Cc1nc2c3ccccc3nn2c(C)c1CCC(=O)NCC(c1ccco1)N1CCCC1.